The van der Waals surface area contributed by atoms with E-state index >= 15 is 0 Å². The Morgan fingerprint density at radius 1 is 1.12 bits per heavy atom. The minimum absolute atomic E-state index is 0.268. The minimum atomic E-state index is -0.295. The zero-order valence-corrected chi connectivity index (χ0v) is 15.3. The number of rotatable bonds is 5. The number of aryl methyl sites for hydroxylation is 1. The molecule has 2 aromatic heterocycles. The standard InChI is InChI=1S/C18H15Cl2N5O/c1-11-7-16(17(26)22-10-12-3-2-6-21-9-12)25-18(23-11)24-13-4-5-14(19)15(20)8-13/h2-9H,10H2,1H3,(H,22,26)(H,23,24,25). The third-order valence-corrected chi connectivity index (χ3v) is 4.18. The highest BCUT2D eigenvalue weighted by Crippen LogP contribution is 2.26. The third kappa shape index (κ3) is 4.68. The molecule has 0 saturated carbocycles. The van der Waals surface area contributed by atoms with E-state index in [9.17, 15) is 4.79 Å². The van der Waals surface area contributed by atoms with Gasteiger partial charge in [-0.05, 0) is 42.8 Å². The molecule has 0 bridgehead atoms. The van der Waals surface area contributed by atoms with Gasteiger partial charge in [0.15, 0.2) is 0 Å². The molecule has 3 rings (SSSR count). The maximum absolute atomic E-state index is 12.4. The van der Waals surface area contributed by atoms with Gasteiger partial charge >= 0.3 is 0 Å². The van der Waals surface area contributed by atoms with Gasteiger partial charge in [0.25, 0.3) is 5.91 Å². The number of hydrogen-bond donors (Lipinski definition) is 2. The van der Waals surface area contributed by atoms with Crippen molar-refractivity contribution in [2.45, 2.75) is 13.5 Å². The maximum atomic E-state index is 12.4. The van der Waals surface area contributed by atoms with Crippen LogP contribution in [0, 0.1) is 6.92 Å². The normalized spacial score (nSPS) is 10.4. The zero-order chi connectivity index (χ0) is 18.5. The summed E-state index contributed by atoms with van der Waals surface area (Å²) in [4.78, 5) is 25.0. The van der Waals surface area contributed by atoms with Crippen LogP contribution < -0.4 is 10.6 Å². The smallest absolute Gasteiger partial charge is 0.270 e. The predicted molar refractivity (Wildman–Crippen MR) is 102 cm³/mol. The van der Waals surface area contributed by atoms with E-state index in [0.717, 1.165) is 5.56 Å². The molecule has 0 unspecified atom stereocenters. The summed E-state index contributed by atoms with van der Waals surface area (Å²) in [6.07, 6.45) is 3.38. The minimum Gasteiger partial charge on any atom is -0.347 e. The average molecular weight is 388 g/mol. The van der Waals surface area contributed by atoms with Gasteiger partial charge in [0, 0.05) is 30.3 Å². The topological polar surface area (TPSA) is 79.8 Å². The molecule has 8 heteroatoms. The van der Waals surface area contributed by atoms with Crippen molar-refractivity contribution >= 4 is 40.7 Å². The lowest BCUT2D eigenvalue weighted by atomic mass is 10.2. The number of hydrogen-bond acceptors (Lipinski definition) is 5. The lowest BCUT2D eigenvalue weighted by Crippen LogP contribution is -2.24. The number of benzene rings is 1. The Hall–Kier alpha value is -2.70. The SMILES string of the molecule is Cc1cc(C(=O)NCc2cccnc2)nc(Nc2ccc(Cl)c(Cl)c2)n1. The number of halogens is 2. The van der Waals surface area contributed by atoms with Crippen LogP contribution in [0.15, 0.2) is 48.8 Å². The van der Waals surface area contributed by atoms with E-state index in [1.807, 2.05) is 12.1 Å². The lowest BCUT2D eigenvalue weighted by molar-refractivity contribution is 0.0945. The van der Waals surface area contributed by atoms with Crippen molar-refractivity contribution in [2.75, 3.05) is 5.32 Å². The van der Waals surface area contributed by atoms with Crippen LogP contribution in [-0.4, -0.2) is 20.9 Å². The van der Waals surface area contributed by atoms with Gasteiger partial charge in [-0.15, -0.1) is 0 Å². The molecule has 6 nitrogen and oxygen atoms in total. The molecule has 1 aromatic carbocycles. The molecule has 132 valence electrons. The van der Waals surface area contributed by atoms with Gasteiger partial charge < -0.3 is 10.6 Å². The Morgan fingerprint density at radius 2 is 1.96 bits per heavy atom. The molecule has 0 spiro atoms. The maximum Gasteiger partial charge on any atom is 0.270 e. The predicted octanol–water partition coefficient (Wildman–Crippen LogP) is 4.16. The lowest BCUT2D eigenvalue weighted by Gasteiger charge is -2.09. The van der Waals surface area contributed by atoms with Crippen molar-refractivity contribution in [1.82, 2.24) is 20.3 Å². The van der Waals surface area contributed by atoms with E-state index in [4.69, 9.17) is 23.2 Å². The number of pyridine rings is 1. The molecule has 2 N–H and O–H groups in total. The molecule has 0 aliphatic carbocycles. The van der Waals surface area contributed by atoms with E-state index in [1.54, 1.807) is 43.6 Å². The van der Waals surface area contributed by atoms with Crippen LogP contribution in [0.2, 0.25) is 10.0 Å². The monoisotopic (exact) mass is 387 g/mol. The quantitative estimate of drug-likeness (QED) is 0.686. The summed E-state index contributed by atoms with van der Waals surface area (Å²) >= 11 is 11.9. The second-order valence-electron chi connectivity index (χ2n) is 5.52. The first-order valence-electron chi connectivity index (χ1n) is 7.76. The van der Waals surface area contributed by atoms with E-state index in [1.165, 1.54) is 0 Å². The highest BCUT2D eigenvalue weighted by molar-refractivity contribution is 6.42. The molecule has 2 heterocycles. The molecule has 0 fully saturated rings. The Kier molecular flexibility index (Phi) is 5.65. The van der Waals surface area contributed by atoms with Crippen LogP contribution in [0.25, 0.3) is 0 Å². The molecule has 3 aromatic rings. The molecule has 0 saturated heterocycles. The number of nitrogens with zero attached hydrogens (tertiary/aromatic N) is 3. The summed E-state index contributed by atoms with van der Waals surface area (Å²) in [6.45, 7) is 2.16. The van der Waals surface area contributed by atoms with Gasteiger partial charge in [0.2, 0.25) is 5.95 Å². The number of anilines is 2. The molecule has 0 aliphatic heterocycles. The van der Waals surface area contributed by atoms with Crippen LogP contribution in [0.4, 0.5) is 11.6 Å². The van der Waals surface area contributed by atoms with Crippen LogP contribution in [0.5, 0.6) is 0 Å². The van der Waals surface area contributed by atoms with Gasteiger partial charge in [-0.25, -0.2) is 9.97 Å². The van der Waals surface area contributed by atoms with Crippen LogP contribution in [-0.2, 0) is 6.54 Å². The molecule has 1 amide bonds. The fourth-order valence-corrected chi connectivity index (χ4v) is 2.52. The van der Waals surface area contributed by atoms with Crippen molar-refractivity contribution in [3.05, 3.63) is 75.8 Å². The fraction of sp³-hybridized carbons (Fsp3) is 0.111. The van der Waals surface area contributed by atoms with E-state index in [0.29, 0.717) is 33.9 Å². The number of carbonyl (C=O) groups excluding carboxylic acids is 1. The first-order chi connectivity index (χ1) is 12.5. The average Bonchev–Trinajstić information content (AvgIpc) is 2.63. The van der Waals surface area contributed by atoms with Crippen LogP contribution in [0.3, 0.4) is 0 Å². The summed E-state index contributed by atoms with van der Waals surface area (Å²) in [6, 6.07) is 10.4. The van der Waals surface area contributed by atoms with E-state index in [2.05, 4.69) is 25.6 Å². The van der Waals surface area contributed by atoms with Gasteiger partial charge in [0.05, 0.1) is 10.0 Å². The van der Waals surface area contributed by atoms with Gasteiger partial charge in [-0.2, -0.15) is 0 Å². The second-order valence-corrected chi connectivity index (χ2v) is 6.33. The largest absolute Gasteiger partial charge is 0.347 e. The second kappa shape index (κ2) is 8.12. The Balaban J connectivity index is 1.74. The van der Waals surface area contributed by atoms with Crippen molar-refractivity contribution in [2.24, 2.45) is 0 Å². The number of carbonyl (C=O) groups is 1. The van der Waals surface area contributed by atoms with Gasteiger partial charge in [-0.1, -0.05) is 29.3 Å². The number of nitrogens with one attached hydrogen (secondary N) is 2. The van der Waals surface area contributed by atoms with Crippen molar-refractivity contribution in [3.8, 4) is 0 Å². The van der Waals surface area contributed by atoms with E-state index in [-0.39, 0.29) is 11.6 Å². The van der Waals surface area contributed by atoms with E-state index < -0.39 is 0 Å². The summed E-state index contributed by atoms with van der Waals surface area (Å²) in [5.74, 6) is 0.00598. The van der Waals surface area contributed by atoms with Crippen LogP contribution in [0.1, 0.15) is 21.7 Å². The Morgan fingerprint density at radius 3 is 2.69 bits per heavy atom. The molecular weight excluding hydrogens is 373 g/mol. The highest BCUT2D eigenvalue weighted by Gasteiger charge is 2.11. The summed E-state index contributed by atoms with van der Waals surface area (Å²) in [5.41, 5.74) is 2.51. The Labute approximate surface area is 160 Å². The number of amides is 1. The fourth-order valence-electron chi connectivity index (χ4n) is 2.22. The first kappa shape index (κ1) is 18.1. The van der Waals surface area contributed by atoms with Crippen LogP contribution >= 0.6 is 23.2 Å². The van der Waals surface area contributed by atoms with Gasteiger partial charge in [0.1, 0.15) is 5.69 Å². The van der Waals surface area contributed by atoms with Gasteiger partial charge in [-0.3, -0.25) is 9.78 Å². The van der Waals surface area contributed by atoms with Crippen molar-refractivity contribution in [3.63, 3.8) is 0 Å². The zero-order valence-electron chi connectivity index (χ0n) is 13.8. The third-order valence-electron chi connectivity index (χ3n) is 3.44. The summed E-state index contributed by atoms with van der Waals surface area (Å²) in [5, 5.41) is 6.71. The highest BCUT2D eigenvalue weighted by atomic mass is 35.5. The molecule has 0 radical (unpaired) electrons. The molecule has 0 aliphatic rings. The Bertz CT molecular complexity index is 934. The summed E-state index contributed by atoms with van der Waals surface area (Å²) < 4.78 is 0. The molecule has 26 heavy (non-hydrogen) atoms. The van der Waals surface area contributed by atoms with Crippen molar-refractivity contribution in [1.29, 1.82) is 0 Å². The first-order valence-corrected chi connectivity index (χ1v) is 8.52. The molecular formula is C18H15Cl2N5O. The number of aromatic nitrogens is 3. The molecule has 0 atom stereocenters. The van der Waals surface area contributed by atoms with Crippen molar-refractivity contribution < 1.29 is 4.79 Å². The summed E-state index contributed by atoms with van der Waals surface area (Å²) in [7, 11) is 0.